The Balaban J connectivity index is 2.33. The molecule has 1 heterocycles. The molecule has 0 radical (unpaired) electrons. The van der Waals surface area contributed by atoms with Crippen molar-refractivity contribution >= 4 is 23.3 Å². The van der Waals surface area contributed by atoms with E-state index in [-0.39, 0.29) is 6.61 Å². The third kappa shape index (κ3) is 4.64. The van der Waals surface area contributed by atoms with Gasteiger partial charge >= 0.3 is 5.97 Å². The molecule has 8 heteroatoms. The van der Waals surface area contributed by atoms with Crippen LogP contribution < -0.4 is 20.1 Å². The predicted molar refractivity (Wildman–Crippen MR) is 101 cm³/mol. The fraction of sp³-hybridized carbons (Fsp3) is 0.444. The van der Waals surface area contributed by atoms with Gasteiger partial charge in [-0.25, -0.2) is 4.79 Å². The second kappa shape index (κ2) is 9.40. The highest BCUT2D eigenvalue weighted by molar-refractivity contribution is 7.80. The minimum atomic E-state index is -0.496. The Hall–Kier alpha value is -2.32. The summed E-state index contributed by atoms with van der Waals surface area (Å²) >= 11 is 5.26. The Morgan fingerprint density at radius 2 is 2.00 bits per heavy atom. The maximum atomic E-state index is 12.7. The van der Waals surface area contributed by atoms with E-state index in [4.69, 9.17) is 31.2 Å². The zero-order valence-electron chi connectivity index (χ0n) is 15.4. The first-order chi connectivity index (χ1) is 12.5. The van der Waals surface area contributed by atoms with Crippen LogP contribution in [-0.2, 0) is 14.3 Å². The van der Waals surface area contributed by atoms with Gasteiger partial charge in [0.1, 0.15) is 18.1 Å². The van der Waals surface area contributed by atoms with Gasteiger partial charge in [0.05, 0.1) is 32.4 Å². The zero-order valence-corrected chi connectivity index (χ0v) is 16.2. The molecule has 2 N–H and O–H groups in total. The van der Waals surface area contributed by atoms with Crippen molar-refractivity contribution in [1.29, 1.82) is 0 Å². The van der Waals surface area contributed by atoms with Crippen molar-refractivity contribution in [1.82, 2.24) is 10.6 Å². The van der Waals surface area contributed by atoms with Crippen molar-refractivity contribution in [3.8, 4) is 11.5 Å². The van der Waals surface area contributed by atoms with Crippen LogP contribution in [0.3, 0.4) is 0 Å². The third-order valence-electron chi connectivity index (χ3n) is 3.91. The number of nitrogens with one attached hydrogen (secondary N) is 2. The van der Waals surface area contributed by atoms with E-state index in [9.17, 15) is 4.79 Å². The first-order valence-corrected chi connectivity index (χ1v) is 8.67. The van der Waals surface area contributed by atoms with E-state index in [1.165, 1.54) is 0 Å². The molecule has 0 fully saturated rings. The highest BCUT2D eigenvalue weighted by atomic mass is 32.1. The van der Waals surface area contributed by atoms with E-state index in [2.05, 4.69) is 10.6 Å². The highest BCUT2D eigenvalue weighted by Crippen LogP contribution is 2.35. The van der Waals surface area contributed by atoms with E-state index in [1.54, 1.807) is 33.3 Å². The number of methoxy groups -OCH3 is 2. The lowest BCUT2D eigenvalue weighted by Crippen LogP contribution is -2.45. The van der Waals surface area contributed by atoms with Crippen LogP contribution in [0.2, 0.25) is 0 Å². The number of allylic oxidation sites excluding steroid dienone is 1. The summed E-state index contributed by atoms with van der Waals surface area (Å²) in [6.45, 7) is 4.78. The number of carbonyl (C=O) groups is 1. The molecule has 0 saturated heterocycles. The van der Waals surface area contributed by atoms with Crippen molar-refractivity contribution in [2.45, 2.75) is 19.9 Å². The number of carbonyl (C=O) groups excluding carboxylic acids is 1. The second-order valence-electron chi connectivity index (χ2n) is 5.51. The fourth-order valence-corrected chi connectivity index (χ4v) is 2.94. The lowest BCUT2D eigenvalue weighted by Gasteiger charge is -2.30. The first kappa shape index (κ1) is 20.0. The number of rotatable bonds is 8. The third-order valence-corrected chi connectivity index (χ3v) is 4.13. The second-order valence-corrected chi connectivity index (χ2v) is 5.92. The molecule has 0 unspecified atom stereocenters. The molecule has 142 valence electrons. The van der Waals surface area contributed by atoms with Crippen molar-refractivity contribution in [2.24, 2.45) is 0 Å². The Labute approximate surface area is 158 Å². The molecular formula is C18H24N2O5S. The Morgan fingerprint density at radius 1 is 1.23 bits per heavy atom. The lowest BCUT2D eigenvalue weighted by molar-refractivity contribution is -0.141. The van der Waals surface area contributed by atoms with E-state index >= 15 is 0 Å². The zero-order chi connectivity index (χ0) is 19.1. The summed E-state index contributed by atoms with van der Waals surface area (Å²) in [5, 5.41) is 6.52. The lowest BCUT2D eigenvalue weighted by atomic mass is 9.94. The maximum Gasteiger partial charge on any atom is 0.338 e. The van der Waals surface area contributed by atoms with Crippen LogP contribution in [0.25, 0.3) is 0 Å². The summed E-state index contributed by atoms with van der Waals surface area (Å²) in [5.41, 5.74) is 1.84. The van der Waals surface area contributed by atoms with E-state index < -0.39 is 12.0 Å². The van der Waals surface area contributed by atoms with Crippen LogP contribution in [0.15, 0.2) is 29.5 Å². The highest BCUT2D eigenvalue weighted by Gasteiger charge is 2.32. The minimum absolute atomic E-state index is 0.181. The molecule has 0 saturated carbocycles. The monoisotopic (exact) mass is 380 g/mol. The Morgan fingerprint density at radius 3 is 2.65 bits per heavy atom. The molecule has 2 rings (SSSR count). The van der Waals surface area contributed by atoms with Gasteiger partial charge in [-0.15, -0.1) is 0 Å². The van der Waals surface area contributed by atoms with Gasteiger partial charge in [0, 0.05) is 23.9 Å². The Bertz CT molecular complexity index is 705. The summed E-state index contributed by atoms with van der Waals surface area (Å²) in [5.74, 6) is 0.801. The quantitative estimate of drug-likeness (QED) is 0.403. The van der Waals surface area contributed by atoms with Gasteiger partial charge < -0.3 is 29.6 Å². The number of ether oxygens (including phenoxy) is 4. The largest absolute Gasteiger partial charge is 0.497 e. The van der Waals surface area contributed by atoms with Gasteiger partial charge in [-0.2, -0.15) is 0 Å². The topological polar surface area (TPSA) is 78.1 Å². The molecule has 7 nitrogen and oxygen atoms in total. The molecule has 0 aromatic heterocycles. The smallest absolute Gasteiger partial charge is 0.338 e. The summed E-state index contributed by atoms with van der Waals surface area (Å²) in [7, 11) is 3.14. The normalized spacial score (nSPS) is 16.6. The van der Waals surface area contributed by atoms with Crippen LogP contribution in [0.5, 0.6) is 11.5 Å². The van der Waals surface area contributed by atoms with Gasteiger partial charge in [-0.3, -0.25) is 0 Å². The van der Waals surface area contributed by atoms with Gasteiger partial charge in [0.2, 0.25) is 0 Å². The molecule has 26 heavy (non-hydrogen) atoms. The van der Waals surface area contributed by atoms with E-state index in [0.29, 0.717) is 41.1 Å². The number of hydrogen-bond donors (Lipinski definition) is 2. The maximum absolute atomic E-state index is 12.7. The fourth-order valence-electron chi connectivity index (χ4n) is 2.67. The molecule has 0 spiro atoms. The molecule has 0 aliphatic carbocycles. The predicted octanol–water partition coefficient (Wildman–Crippen LogP) is 2.08. The number of hydrogen-bond acceptors (Lipinski definition) is 6. The summed E-state index contributed by atoms with van der Waals surface area (Å²) < 4.78 is 21.3. The van der Waals surface area contributed by atoms with Crippen LogP contribution in [0.1, 0.15) is 25.5 Å². The average molecular weight is 380 g/mol. The molecule has 1 aromatic rings. The summed E-state index contributed by atoms with van der Waals surface area (Å²) in [6, 6.07) is 4.90. The summed E-state index contributed by atoms with van der Waals surface area (Å²) in [6.07, 6.45) is 0. The van der Waals surface area contributed by atoms with E-state index in [1.807, 2.05) is 13.0 Å². The van der Waals surface area contributed by atoms with Crippen LogP contribution >= 0.6 is 12.2 Å². The number of thiocarbonyl (C=S) groups is 1. The van der Waals surface area contributed by atoms with E-state index in [0.717, 1.165) is 5.56 Å². The van der Waals surface area contributed by atoms with Crippen LogP contribution in [-0.4, -0.2) is 45.1 Å². The molecule has 0 bridgehead atoms. The van der Waals surface area contributed by atoms with Crippen LogP contribution in [0, 0.1) is 0 Å². The molecule has 1 atom stereocenters. The van der Waals surface area contributed by atoms with Gasteiger partial charge in [0.25, 0.3) is 0 Å². The van der Waals surface area contributed by atoms with Crippen molar-refractivity contribution < 1.29 is 23.7 Å². The molecular weight excluding hydrogens is 356 g/mol. The summed E-state index contributed by atoms with van der Waals surface area (Å²) in [4.78, 5) is 12.7. The molecule has 1 aromatic carbocycles. The van der Waals surface area contributed by atoms with Crippen molar-refractivity contribution in [3.63, 3.8) is 0 Å². The van der Waals surface area contributed by atoms with Crippen molar-refractivity contribution in [3.05, 3.63) is 35.0 Å². The first-order valence-electron chi connectivity index (χ1n) is 8.26. The number of esters is 1. The van der Waals surface area contributed by atoms with Gasteiger partial charge in [0.15, 0.2) is 5.11 Å². The molecule has 0 amide bonds. The van der Waals surface area contributed by atoms with Crippen LogP contribution in [0.4, 0.5) is 0 Å². The SMILES string of the molecule is CCOCCOC(=O)C1=C(C)NC(=S)N[C@@H]1c1ccc(OC)cc1OC. The number of benzene rings is 1. The minimum Gasteiger partial charge on any atom is -0.497 e. The average Bonchev–Trinajstić information content (AvgIpc) is 2.63. The molecule has 1 aliphatic heterocycles. The Kier molecular flexibility index (Phi) is 7.23. The molecule has 1 aliphatic rings. The van der Waals surface area contributed by atoms with Crippen molar-refractivity contribution in [2.75, 3.05) is 34.0 Å². The standard InChI is InChI=1S/C18H24N2O5S/c1-5-24-8-9-25-17(21)15-11(2)19-18(26)20-16(15)13-7-6-12(22-3)10-14(13)23-4/h6-7,10,16H,5,8-9H2,1-4H3,(H2,19,20,26)/t16-/m1/s1. The van der Waals surface area contributed by atoms with Gasteiger partial charge in [-0.1, -0.05) is 0 Å². The van der Waals surface area contributed by atoms with Gasteiger partial charge in [-0.05, 0) is 38.2 Å².